The highest BCUT2D eigenvalue weighted by atomic mass is 19.1. The molecule has 0 amide bonds. The number of rotatable bonds is 1. The first-order valence-electron chi connectivity index (χ1n) is 5.00. The first-order valence-corrected chi connectivity index (χ1v) is 5.00. The van der Waals surface area contributed by atoms with E-state index in [9.17, 15) is 4.39 Å². The van der Waals surface area contributed by atoms with Gasteiger partial charge in [-0.3, -0.25) is 0 Å². The van der Waals surface area contributed by atoms with E-state index in [2.05, 4.69) is 0 Å². The van der Waals surface area contributed by atoms with Gasteiger partial charge >= 0.3 is 0 Å². The van der Waals surface area contributed by atoms with Crippen molar-refractivity contribution in [3.05, 3.63) is 53.6 Å². The Morgan fingerprint density at radius 1 is 0.933 bits per heavy atom. The van der Waals surface area contributed by atoms with Crippen molar-refractivity contribution in [2.75, 3.05) is 0 Å². The molecule has 76 valence electrons. The molecule has 0 unspecified atom stereocenters. The minimum atomic E-state index is -0.124. The molecule has 0 atom stereocenters. The number of hydrogen-bond donors (Lipinski definition) is 0. The van der Waals surface area contributed by atoms with E-state index in [1.54, 1.807) is 13.8 Å². The second-order valence-corrected chi connectivity index (χ2v) is 3.88. The molecule has 15 heavy (non-hydrogen) atoms. The van der Waals surface area contributed by atoms with Crippen molar-refractivity contribution in [1.29, 1.82) is 0 Å². The van der Waals surface area contributed by atoms with Gasteiger partial charge in [-0.25, -0.2) is 4.39 Å². The second-order valence-electron chi connectivity index (χ2n) is 3.88. The van der Waals surface area contributed by atoms with Gasteiger partial charge < -0.3 is 0 Å². The van der Waals surface area contributed by atoms with Crippen molar-refractivity contribution in [2.45, 2.75) is 13.8 Å². The van der Waals surface area contributed by atoms with Crippen molar-refractivity contribution in [3.63, 3.8) is 0 Å². The summed E-state index contributed by atoms with van der Waals surface area (Å²) in [5.41, 5.74) is 1.37. The number of benzene rings is 2. The zero-order valence-electron chi connectivity index (χ0n) is 8.92. The van der Waals surface area contributed by atoms with Crippen molar-refractivity contribution < 1.29 is 4.39 Å². The highest BCUT2D eigenvalue weighted by Crippen LogP contribution is 2.24. The van der Waals surface area contributed by atoms with Crippen molar-refractivity contribution in [3.8, 4) is 0 Å². The van der Waals surface area contributed by atoms with Gasteiger partial charge in [-0.2, -0.15) is 0 Å². The quantitative estimate of drug-likeness (QED) is 0.633. The summed E-state index contributed by atoms with van der Waals surface area (Å²) in [6, 6.07) is 13.6. The van der Waals surface area contributed by atoms with Crippen LogP contribution in [0, 0.1) is 0 Å². The van der Waals surface area contributed by atoms with Gasteiger partial charge in [0.1, 0.15) is 5.83 Å². The van der Waals surface area contributed by atoms with E-state index in [0.717, 1.165) is 10.8 Å². The first kappa shape index (κ1) is 9.91. The van der Waals surface area contributed by atoms with Crippen LogP contribution in [0.3, 0.4) is 0 Å². The van der Waals surface area contributed by atoms with E-state index in [1.807, 2.05) is 42.5 Å². The smallest absolute Gasteiger partial charge is 0.129 e. The Bertz CT molecular complexity index is 520. The minimum absolute atomic E-state index is 0.124. The molecule has 0 bridgehead atoms. The maximum atomic E-state index is 13.7. The van der Waals surface area contributed by atoms with Gasteiger partial charge in [0, 0.05) is 5.56 Å². The molecule has 0 saturated heterocycles. The van der Waals surface area contributed by atoms with Crippen LogP contribution in [0.4, 0.5) is 4.39 Å². The SMILES string of the molecule is CC(C)=C(F)c1ccc2ccccc2c1. The lowest BCUT2D eigenvalue weighted by Crippen LogP contribution is -1.81. The predicted molar refractivity (Wildman–Crippen MR) is 63.3 cm³/mol. The molecule has 0 N–H and O–H groups in total. The zero-order chi connectivity index (χ0) is 10.8. The fourth-order valence-electron chi connectivity index (χ4n) is 1.61. The molecule has 0 fully saturated rings. The molecule has 2 aromatic carbocycles. The van der Waals surface area contributed by atoms with Crippen LogP contribution in [0.15, 0.2) is 48.0 Å². The van der Waals surface area contributed by atoms with Gasteiger partial charge in [-0.15, -0.1) is 0 Å². The Hall–Kier alpha value is -1.63. The Morgan fingerprint density at radius 2 is 1.60 bits per heavy atom. The van der Waals surface area contributed by atoms with Gasteiger partial charge in [0.25, 0.3) is 0 Å². The van der Waals surface area contributed by atoms with Crippen LogP contribution in [-0.2, 0) is 0 Å². The maximum absolute atomic E-state index is 13.7. The van der Waals surface area contributed by atoms with Crippen LogP contribution in [-0.4, -0.2) is 0 Å². The van der Waals surface area contributed by atoms with Crippen LogP contribution in [0.1, 0.15) is 19.4 Å². The van der Waals surface area contributed by atoms with Crippen molar-refractivity contribution >= 4 is 16.6 Å². The number of hydrogen-bond acceptors (Lipinski definition) is 0. The molecule has 0 aromatic heterocycles. The van der Waals surface area contributed by atoms with Crippen LogP contribution in [0.5, 0.6) is 0 Å². The third-order valence-electron chi connectivity index (χ3n) is 2.44. The number of halogens is 1. The lowest BCUT2D eigenvalue weighted by Gasteiger charge is -2.02. The predicted octanol–water partition coefficient (Wildman–Crippen LogP) is 4.56. The minimum Gasteiger partial charge on any atom is -0.206 e. The molecular formula is C14H13F. The van der Waals surface area contributed by atoms with Gasteiger partial charge in [-0.1, -0.05) is 36.4 Å². The fraction of sp³-hybridized carbons (Fsp3) is 0.143. The molecular weight excluding hydrogens is 187 g/mol. The molecule has 0 aliphatic carbocycles. The summed E-state index contributed by atoms with van der Waals surface area (Å²) in [4.78, 5) is 0. The molecule has 0 saturated carbocycles. The molecule has 0 nitrogen and oxygen atoms in total. The molecule has 0 aliphatic rings. The highest BCUT2D eigenvalue weighted by Gasteiger charge is 2.02. The Morgan fingerprint density at radius 3 is 2.27 bits per heavy atom. The third kappa shape index (κ3) is 1.91. The van der Waals surface area contributed by atoms with Crippen LogP contribution in [0.2, 0.25) is 0 Å². The Balaban J connectivity index is 2.62. The average Bonchev–Trinajstić information content (AvgIpc) is 2.27. The lowest BCUT2D eigenvalue weighted by molar-refractivity contribution is 0.750. The Labute approximate surface area is 89.0 Å². The zero-order valence-corrected chi connectivity index (χ0v) is 8.92. The average molecular weight is 200 g/mol. The lowest BCUT2D eigenvalue weighted by atomic mass is 10.0. The molecule has 1 heteroatoms. The topological polar surface area (TPSA) is 0 Å². The van der Waals surface area contributed by atoms with E-state index in [4.69, 9.17) is 0 Å². The summed E-state index contributed by atoms with van der Waals surface area (Å²) in [5, 5.41) is 2.22. The fourth-order valence-corrected chi connectivity index (χ4v) is 1.61. The summed E-state index contributed by atoms with van der Waals surface area (Å²) in [6.45, 7) is 3.56. The summed E-state index contributed by atoms with van der Waals surface area (Å²) in [6.07, 6.45) is 0. The second kappa shape index (κ2) is 3.85. The van der Waals surface area contributed by atoms with Gasteiger partial charge in [0.2, 0.25) is 0 Å². The molecule has 0 aliphatic heterocycles. The standard InChI is InChI=1S/C14H13F/c1-10(2)14(15)13-8-7-11-5-3-4-6-12(11)9-13/h3-9H,1-2H3. The van der Waals surface area contributed by atoms with Crippen LogP contribution in [0.25, 0.3) is 16.6 Å². The van der Waals surface area contributed by atoms with E-state index in [1.165, 1.54) is 0 Å². The molecule has 2 aromatic rings. The maximum Gasteiger partial charge on any atom is 0.129 e. The van der Waals surface area contributed by atoms with Crippen LogP contribution >= 0.6 is 0 Å². The van der Waals surface area contributed by atoms with Crippen molar-refractivity contribution in [1.82, 2.24) is 0 Å². The monoisotopic (exact) mass is 200 g/mol. The number of fused-ring (bicyclic) bond motifs is 1. The molecule has 2 rings (SSSR count). The largest absolute Gasteiger partial charge is 0.206 e. The van der Waals surface area contributed by atoms with Gasteiger partial charge in [0.05, 0.1) is 0 Å². The van der Waals surface area contributed by atoms with Crippen LogP contribution < -0.4 is 0 Å². The molecule has 0 spiro atoms. The van der Waals surface area contributed by atoms with E-state index in [0.29, 0.717) is 11.1 Å². The summed E-state index contributed by atoms with van der Waals surface area (Å²) < 4.78 is 13.7. The Kier molecular flexibility index (Phi) is 2.55. The summed E-state index contributed by atoms with van der Waals surface area (Å²) >= 11 is 0. The van der Waals surface area contributed by atoms with E-state index >= 15 is 0 Å². The molecule has 0 heterocycles. The number of allylic oxidation sites excluding steroid dienone is 1. The third-order valence-corrected chi connectivity index (χ3v) is 2.44. The summed E-state index contributed by atoms with van der Waals surface area (Å²) in [7, 11) is 0. The normalized spacial score (nSPS) is 10.3. The summed E-state index contributed by atoms with van der Waals surface area (Å²) in [5.74, 6) is -0.124. The molecule has 0 radical (unpaired) electrons. The van der Waals surface area contributed by atoms with E-state index in [-0.39, 0.29) is 5.83 Å². The highest BCUT2D eigenvalue weighted by molar-refractivity contribution is 5.85. The van der Waals surface area contributed by atoms with Gasteiger partial charge in [-0.05, 0) is 36.3 Å². The van der Waals surface area contributed by atoms with Gasteiger partial charge in [0.15, 0.2) is 0 Å². The van der Waals surface area contributed by atoms with E-state index < -0.39 is 0 Å². The van der Waals surface area contributed by atoms with Crippen molar-refractivity contribution in [2.24, 2.45) is 0 Å². The first-order chi connectivity index (χ1) is 7.18.